The second kappa shape index (κ2) is 8.05. The summed E-state index contributed by atoms with van der Waals surface area (Å²) in [7, 11) is 2.83. The highest BCUT2D eigenvalue weighted by atomic mass is 19.1. The van der Waals surface area contributed by atoms with Gasteiger partial charge in [-0.1, -0.05) is 0 Å². The van der Waals surface area contributed by atoms with Gasteiger partial charge in [0.2, 0.25) is 5.91 Å². The molecule has 2 aromatic rings. The first-order valence-electron chi connectivity index (χ1n) is 8.75. The Kier molecular flexibility index (Phi) is 5.73. The van der Waals surface area contributed by atoms with Crippen LogP contribution in [-0.4, -0.2) is 42.8 Å². The molecule has 1 atom stereocenters. The monoisotopic (exact) mass is 393 g/mol. The quantitative estimate of drug-likeness (QED) is 0.751. The lowest BCUT2D eigenvalue weighted by atomic mass is 9.97. The molecule has 7 nitrogen and oxygen atoms in total. The molecule has 0 bridgehead atoms. The molecule has 2 heterocycles. The molecule has 1 saturated heterocycles. The molecule has 1 unspecified atom stereocenters. The van der Waals surface area contributed by atoms with E-state index in [9.17, 15) is 18.4 Å². The zero-order valence-electron chi connectivity index (χ0n) is 15.9. The molecule has 1 aliphatic heterocycles. The largest absolute Gasteiger partial charge is 0.497 e. The highest BCUT2D eigenvalue weighted by Gasteiger charge is 2.37. The molecular weight excluding hydrogens is 372 g/mol. The maximum atomic E-state index is 14.4. The van der Waals surface area contributed by atoms with Crippen LogP contribution in [0.15, 0.2) is 23.3 Å². The Balaban J connectivity index is 1.95. The summed E-state index contributed by atoms with van der Waals surface area (Å²) >= 11 is 0. The van der Waals surface area contributed by atoms with E-state index in [0.717, 1.165) is 12.1 Å². The summed E-state index contributed by atoms with van der Waals surface area (Å²) in [5, 5.41) is 0. The Morgan fingerprint density at radius 2 is 1.89 bits per heavy atom. The van der Waals surface area contributed by atoms with E-state index in [-0.39, 0.29) is 42.4 Å². The van der Waals surface area contributed by atoms with Crippen LogP contribution in [0, 0.1) is 18.6 Å². The van der Waals surface area contributed by atoms with Gasteiger partial charge in [-0.3, -0.25) is 14.2 Å². The zero-order chi connectivity index (χ0) is 20.4. The van der Waals surface area contributed by atoms with Gasteiger partial charge in [0.1, 0.15) is 23.1 Å². The predicted octanol–water partition coefficient (Wildman–Crippen LogP) is 2.01. The molecule has 28 heavy (non-hydrogen) atoms. The molecule has 1 aliphatic rings. The Bertz CT molecular complexity index is 938. The van der Waals surface area contributed by atoms with Gasteiger partial charge in [-0.25, -0.2) is 13.8 Å². The van der Waals surface area contributed by atoms with Gasteiger partial charge in [-0.05, 0) is 6.92 Å². The SMILES string of the molecule is COCCn1cnc(C)c(N2CC(c3c(F)cc(OC)cc3F)CC2=O)c1=O. The standard InChI is InChI=1S/C19H21F2N3O4/c1-11-18(19(26)23(10-22-11)4-5-27-2)24-9-12(6-16(24)25)17-14(20)7-13(28-3)8-15(17)21/h7-8,10,12H,4-6,9H2,1-3H3. The lowest BCUT2D eigenvalue weighted by Gasteiger charge is -2.19. The number of aryl methyl sites for hydroxylation is 1. The van der Waals surface area contributed by atoms with Gasteiger partial charge < -0.3 is 14.4 Å². The summed E-state index contributed by atoms with van der Waals surface area (Å²) in [6.07, 6.45) is 1.28. The minimum absolute atomic E-state index is 0.00888. The molecule has 0 aliphatic carbocycles. The van der Waals surface area contributed by atoms with E-state index in [4.69, 9.17) is 9.47 Å². The third-order valence-electron chi connectivity index (χ3n) is 4.82. The molecule has 0 N–H and O–H groups in total. The number of methoxy groups -OCH3 is 2. The van der Waals surface area contributed by atoms with Crippen LogP contribution in [0.3, 0.4) is 0 Å². The van der Waals surface area contributed by atoms with E-state index in [1.54, 1.807) is 6.92 Å². The second-order valence-corrected chi connectivity index (χ2v) is 6.58. The van der Waals surface area contributed by atoms with Crippen molar-refractivity contribution >= 4 is 11.6 Å². The van der Waals surface area contributed by atoms with Crippen LogP contribution in [0.25, 0.3) is 0 Å². The molecule has 1 amide bonds. The van der Waals surface area contributed by atoms with Crippen LogP contribution in [0.4, 0.5) is 14.5 Å². The van der Waals surface area contributed by atoms with Gasteiger partial charge in [0.15, 0.2) is 0 Å². The van der Waals surface area contributed by atoms with Crippen molar-refractivity contribution in [2.75, 3.05) is 32.3 Å². The van der Waals surface area contributed by atoms with Crippen LogP contribution >= 0.6 is 0 Å². The number of carbonyl (C=O) groups excluding carboxylic acids is 1. The fraction of sp³-hybridized carbons (Fsp3) is 0.421. The maximum absolute atomic E-state index is 14.4. The lowest BCUT2D eigenvalue weighted by Crippen LogP contribution is -2.35. The Morgan fingerprint density at radius 1 is 1.21 bits per heavy atom. The number of hydrogen-bond acceptors (Lipinski definition) is 5. The number of nitrogens with zero attached hydrogens (tertiary/aromatic N) is 3. The number of anilines is 1. The zero-order valence-corrected chi connectivity index (χ0v) is 15.9. The van der Waals surface area contributed by atoms with E-state index >= 15 is 0 Å². The van der Waals surface area contributed by atoms with E-state index in [1.807, 2.05) is 0 Å². The molecule has 1 fully saturated rings. The minimum atomic E-state index is -0.781. The van der Waals surface area contributed by atoms with E-state index in [1.165, 1.54) is 30.0 Å². The number of halogens is 2. The van der Waals surface area contributed by atoms with Crippen molar-refractivity contribution in [1.82, 2.24) is 9.55 Å². The molecule has 0 radical (unpaired) electrons. The fourth-order valence-corrected chi connectivity index (χ4v) is 3.41. The Labute approximate surface area is 160 Å². The summed E-state index contributed by atoms with van der Waals surface area (Å²) in [5.41, 5.74) is -0.0732. The van der Waals surface area contributed by atoms with Gasteiger partial charge in [0.05, 0.1) is 32.3 Å². The normalized spacial score (nSPS) is 16.7. The molecular formula is C19H21F2N3O4. The van der Waals surface area contributed by atoms with Crippen molar-refractivity contribution in [3.63, 3.8) is 0 Å². The summed E-state index contributed by atoms with van der Waals surface area (Å²) in [5.74, 6) is -2.60. The van der Waals surface area contributed by atoms with Crippen molar-refractivity contribution in [1.29, 1.82) is 0 Å². The van der Waals surface area contributed by atoms with Gasteiger partial charge in [0.25, 0.3) is 5.56 Å². The number of ether oxygens (including phenoxy) is 2. The third-order valence-corrected chi connectivity index (χ3v) is 4.82. The number of amides is 1. The van der Waals surface area contributed by atoms with Crippen LogP contribution in [0.1, 0.15) is 23.6 Å². The first kappa shape index (κ1) is 19.9. The van der Waals surface area contributed by atoms with Gasteiger partial charge in [0, 0.05) is 43.7 Å². The van der Waals surface area contributed by atoms with Crippen molar-refractivity contribution in [3.8, 4) is 5.75 Å². The minimum Gasteiger partial charge on any atom is -0.497 e. The smallest absolute Gasteiger partial charge is 0.277 e. The van der Waals surface area contributed by atoms with Gasteiger partial charge >= 0.3 is 0 Å². The lowest BCUT2D eigenvalue weighted by molar-refractivity contribution is -0.117. The highest BCUT2D eigenvalue weighted by Crippen LogP contribution is 2.35. The molecule has 150 valence electrons. The molecule has 1 aromatic heterocycles. The molecule has 0 spiro atoms. The first-order chi connectivity index (χ1) is 13.4. The van der Waals surface area contributed by atoms with E-state index < -0.39 is 23.1 Å². The third kappa shape index (κ3) is 3.62. The number of benzene rings is 1. The number of hydrogen-bond donors (Lipinski definition) is 0. The molecule has 0 saturated carbocycles. The van der Waals surface area contributed by atoms with Crippen molar-refractivity contribution < 1.29 is 23.0 Å². The molecule has 3 rings (SSSR count). The average Bonchev–Trinajstić information content (AvgIpc) is 3.01. The average molecular weight is 393 g/mol. The van der Waals surface area contributed by atoms with Gasteiger partial charge in [-0.15, -0.1) is 0 Å². The summed E-state index contributed by atoms with van der Waals surface area (Å²) < 4.78 is 40.0. The van der Waals surface area contributed by atoms with Crippen LogP contribution in [0.5, 0.6) is 5.75 Å². The Hall–Kier alpha value is -2.81. The predicted molar refractivity (Wildman–Crippen MR) is 97.7 cm³/mol. The highest BCUT2D eigenvalue weighted by molar-refractivity contribution is 5.96. The topological polar surface area (TPSA) is 73.7 Å². The van der Waals surface area contributed by atoms with Crippen LogP contribution < -0.4 is 15.2 Å². The summed E-state index contributed by atoms with van der Waals surface area (Å²) in [6, 6.07) is 2.16. The van der Waals surface area contributed by atoms with E-state index in [0.29, 0.717) is 12.3 Å². The second-order valence-electron chi connectivity index (χ2n) is 6.58. The van der Waals surface area contributed by atoms with Crippen LogP contribution in [-0.2, 0) is 16.1 Å². The van der Waals surface area contributed by atoms with Crippen molar-refractivity contribution in [2.24, 2.45) is 0 Å². The fourth-order valence-electron chi connectivity index (χ4n) is 3.41. The van der Waals surface area contributed by atoms with E-state index in [2.05, 4.69) is 4.98 Å². The Morgan fingerprint density at radius 3 is 2.50 bits per heavy atom. The first-order valence-corrected chi connectivity index (χ1v) is 8.75. The summed E-state index contributed by atoms with van der Waals surface area (Å²) in [6.45, 7) is 2.20. The summed E-state index contributed by atoms with van der Waals surface area (Å²) in [4.78, 5) is 30.8. The molecule has 9 heteroatoms. The van der Waals surface area contributed by atoms with Crippen LogP contribution in [0.2, 0.25) is 0 Å². The molecule has 1 aromatic carbocycles. The number of rotatable bonds is 6. The maximum Gasteiger partial charge on any atom is 0.277 e. The number of aromatic nitrogens is 2. The van der Waals surface area contributed by atoms with Crippen molar-refractivity contribution in [2.45, 2.75) is 25.8 Å². The number of carbonyl (C=O) groups is 1. The van der Waals surface area contributed by atoms with Crippen molar-refractivity contribution in [3.05, 3.63) is 51.7 Å². The van der Waals surface area contributed by atoms with Gasteiger partial charge in [-0.2, -0.15) is 0 Å².